The number of alkyl halides is 3. The van der Waals surface area contributed by atoms with Crippen molar-refractivity contribution >= 4 is 22.5 Å². The van der Waals surface area contributed by atoms with Crippen LogP contribution in [0.3, 0.4) is 0 Å². The van der Waals surface area contributed by atoms with Gasteiger partial charge in [0.1, 0.15) is 5.60 Å². The summed E-state index contributed by atoms with van der Waals surface area (Å²) in [6, 6.07) is 5.47. The summed E-state index contributed by atoms with van der Waals surface area (Å²) in [7, 11) is 3.24. The molecule has 0 radical (unpaired) electrons. The third-order valence-electron chi connectivity index (χ3n) is 7.96. The van der Waals surface area contributed by atoms with Crippen molar-refractivity contribution in [3.63, 3.8) is 0 Å². The van der Waals surface area contributed by atoms with Gasteiger partial charge in [0.2, 0.25) is 5.88 Å². The van der Waals surface area contributed by atoms with Crippen LogP contribution in [-0.2, 0) is 23.9 Å². The number of aliphatic hydroxyl groups is 1. The second-order valence-corrected chi connectivity index (χ2v) is 10.5. The topological polar surface area (TPSA) is 85.5 Å². The molecule has 0 saturated carbocycles. The molecule has 1 aromatic carbocycles. The molecule has 1 atom stereocenters. The first-order valence-corrected chi connectivity index (χ1v) is 13.1. The maximum Gasteiger partial charge on any atom is 0.391 e. The molecular formula is C26H31ClF3N5O3. The first kappa shape index (κ1) is 27.1. The van der Waals surface area contributed by atoms with Gasteiger partial charge in [-0.15, -0.1) is 5.10 Å². The van der Waals surface area contributed by atoms with Crippen LogP contribution in [0.25, 0.3) is 10.9 Å². The highest BCUT2D eigenvalue weighted by Crippen LogP contribution is 2.44. The van der Waals surface area contributed by atoms with Crippen molar-refractivity contribution in [3.8, 4) is 5.88 Å². The summed E-state index contributed by atoms with van der Waals surface area (Å²) >= 11 is 6.95. The Morgan fingerprint density at radius 3 is 2.45 bits per heavy atom. The fraction of sp³-hybridized carbons (Fsp3) is 0.577. The van der Waals surface area contributed by atoms with Crippen molar-refractivity contribution in [3.05, 3.63) is 46.2 Å². The maximum absolute atomic E-state index is 13.1. The fourth-order valence-corrected chi connectivity index (χ4v) is 6.06. The molecule has 206 valence electrons. The average molecular weight is 554 g/mol. The molecular weight excluding hydrogens is 523 g/mol. The number of benzene rings is 1. The molecule has 5 rings (SSSR count). The molecule has 3 aromatic rings. The molecule has 2 aliphatic rings. The molecule has 0 bridgehead atoms. The zero-order valence-corrected chi connectivity index (χ0v) is 22.1. The number of methoxy groups -OCH3 is 1. The first-order valence-electron chi connectivity index (χ1n) is 12.7. The largest absolute Gasteiger partial charge is 0.481 e. The van der Waals surface area contributed by atoms with Crippen molar-refractivity contribution in [2.24, 2.45) is 18.9 Å². The molecule has 0 unspecified atom stereocenters. The summed E-state index contributed by atoms with van der Waals surface area (Å²) in [5.74, 6) is -1.08. The van der Waals surface area contributed by atoms with Gasteiger partial charge >= 0.3 is 6.18 Å². The van der Waals surface area contributed by atoms with E-state index in [9.17, 15) is 18.3 Å². The van der Waals surface area contributed by atoms with E-state index in [1.807, 2.05) is 17.0 Å². The van der Waals surface area contributed by atoms with Crippen LogP contribution >= 0.6 is 11.6 Å². The molecule has 2 saturated heterocycles. The lowest BCUT2D eigenvalue weighted by atomic mass is 9.75. The number of nitrogens with zero attached hydrogens (tertiary/aromatic N) is 5. The Morgan fingerprint density at radius 1 is 1.13 bits per heavy atom. The summed E-state index contributed by atoms with van der Waals surface area (Å²) in [4.78, 5) is 6.59. The minimum absolute atomic E-state index is 0.0471. The number of halogens is 4. The van der Waals surface area contributed by atoms with Crippen LogP contribution in [0.2, 0.25) is 5.02 Å². The maximum atomic E-state index is 13.1. The summed E-state index contributed by atoms with van der Waals surface area (Å²) in [5.41, 5.74) is 1.01. The van der Waals surface area contributed by atoms with Gasteiger partial charge in [-0.2, -0.15) is 13.2 Å². The van der Waals surface area contributed by atoms with Gasteiger partial charge in [-0.1, -0.05) is 22.9 Å². The SMILES string of the molecule is COc1nc2ccc([C@@](O)(c3cnnn3C)C3CCOCC3)cc2c(Cl)c1CN1CCC(C(F)(F)F)CC1. The monoisotopic (exact) mass is 553 g/mol. The molecule has 0 amide bonds. The summed E-state index contributed by atoms with van der Waals surface area (Å²) in [6.07, 6.45) is -1.19. The number of aryl methyl sites for hydroxylation is 1. The highest BCUT2D eigenvalue weighted by atomic mass is 35.5. The third-order valence-corrected chi connectivity index (χ3v) is 8.39. The quantitative estimate of drug-likeness (QED) is 0.482. The predicted octanol–water partition coefficient (Wildman–Crippen LogP) is 4.46. The van der Waals surface area contributed by atoms with E-state index in [-0.39, 0.29) is 18.8 Å². The lowest BCUT2D eigenvalue weighted by Gasteiger charge is -2.38. The Kier molecular flexibility index (Phi) is 7.56. The zero-order chi connectivity index (χ0) is 27.1. The van der Waals surface area contributed by atoms with Crippen molar-refractivity contribution in [2.75, 3.05) is 33.4 Å². The molecule has 8 nitrogen and oxygen atoms in total. The molecule has 12 heteroatoms. The first-order chi connectivity index (χ1) is 18.1. The average Bonchev–Trinajstić information content (AvgIpc) is 3.36. The van der Waals surface area contributed by atoms with E-state index >= 15 is 0 Å². The Bertz CT molecular complexity index is 1290. The van der Waals surface area contributed by atoms with E-state index in [1.54, 1.807) is 24.0 Å². The van der Waals surface area contributed by atoms with Crippen LogP contribution in [0.4, 0.5) is 13.2 Å². The third kappa shape index (κ3) is 4.97. The van der Waals surface area contributed by atoms with Crippen LogP contribution in [0.15, 0.2) is 24.4 Å². The highest BCUT2D eigenvalue weighted by Gasteiger charge is 2.44. The summed E-state index contributed by atoms with van der Waals surface area (Å²) in [5, 5.41) is 21.4. The van der Waals surface area contributed by atoms with Gasteiger partial charge in [0.25, 0.3) is 0 Å². The highest BCUT2D eigenvalue weighted by molar-refractivity contribution is 6.36. The molecule has 0 spiro atoms. The predicted molar refractivity (Wildman–Crippen MR) is 135 cm³/mol. The van der Waals surface area contributed by atoms with Crippen LogP contribution < -0.4 is 4.74 Å². The molecule has 2 fully saturated rings. The zero-order valence-electron chi connectivity index (χ0n) is 21.3. The van der Waals surface area contributed by atoms with Gasteiger partial charge < -0.3 is 14.6 Å². The van der Waals surface area contributed by atoms with Gasteiger partial charge in [-0.3, -0.25) is 4.90 Å². The van der Waals surface area contributed by atoms with E-state index in [2.05, 4.69) is 15.3 Å². The van der Waals surface area contributed by atoms with Crippen molar-refractivity contribution in [1.82, 2.24) is 24.9 Å². The van der Waals surface area contributed by atoms with E-state index in [4.69, 9.17) is 21.1 Å². The number of piperidine rings is 1. The minimum Gasteiger partial charge on any atom is -0.481 e. The molecule has 38 heavy (non-hydrogen) atoms. The summed E-state index contributed by atoms with van der Waals surface area (Å²) < 4.78 is 52.1. The lowest BCUT2D eigenvalue weighted by Crippen LogP contribution is -2.41. The lowest BCUT2D eigenvalue weighted by molar-refractivity contribution is -0.185. The number of rotatable bonds is 6. The van der Waals surface area contributed by atoms with E-state index < -0.39 is 17.7 Å². The smallest absolute Gasteiger partial charge is 0.391 e. The van der Waals surface area contributed by atoms with Gasteiger partial charge in [0.15, 0.2) is 0 Å². The Labute approximate surface area is 223 Å². The van der Waals surface area contributed by atoms with Crippen LogP contribution in [0, 0.1) is 11.8 Å². The minimum atomic E-state index is -4.17. The number of hydrogen-bond donors (Lipinski definition) is 1. The number of aromatic nitrogens is 4. The number of pyridine rings is 1. The van der Waals surface area contributed by atoms with Crippen LogP contribution in [-0.4, -0.2) is 69.6 Å². The summed E-state index contributed by atoms with van der Waals surface area (Å²) in [6.45, 7) is 2.01. The fourth-order valence-electron chi connectivity index (χ4n) is 5.77. The van der Waals surface area contributed by atoms with Gasteiger partial charge in [-0.25, -0.2) is 9.67 Å². The number of ether oxygens (including phenoxy) is 2. The molecule has 2 aliphatic heterocycles. The molecule has 2 aromatic heterocycles. The standard InChI is InChI=1S/C26H31ClF3N5O3/c1-34-22(14-31-33-34)25(36,16-7-11-38-12-8-16)18-3-4-21-19(13-18)23(27)20(24(32-21)37-2)15-35-9-5-17(6-10-35)26(28,29)30/h3-4,13-14,16-17,36H,5-12,15H2,1-2H3/t25-/m1/s1. The Hall–Kier alpha value is -2.47. The molecule has 4 heterocycles. The normalized spacial score (nSPS) is 20.1. The second-order valence-electron chi connectivity index (χ2n) is 10.1. The van der Waals surface area contributed by atoms with Crippen molar-refractivity contribution < 1.29 is 27.8 Å². The number of hydrogen-bond acceptors (Lipinski definition) is 7. The van der Waals surface area contributed by atoms with E-state index in [0.29, 0.717) is 84.3 Å². The van der Waals surface area contributed by atoms with Gasteiger partial charge in [0.05, 0.1) is 35.5 Å². The van der Waals surface area contributed by atoms with Crippen LogP contribution in [0.1, 0.15) is 42.5 Å². The van der Waals surface area contributed by atoms with E-state index in [1.165, 1.54) is 7.11 Å². The van der Waals surface area contributed by atoms with Gasteiger partial charge in [0, 0.05) is 43.7 Å². The van der Waals surface area contributed by atoms with Crippen molar-refractivity contribution in [1.29, 1.82) is 0 Å². The Balaban J connectivity index is 1.53. The van der Waals surface area contributed by atoms with Gasteiger partial charge in [-0.05, 0) is 56.5 Å². The Morgan fingerprint density at radius 2 is 1.84 bits per heavy atom. The molecule has 0 aliphatic carbocycles. The molecule has 1 N–H and O–H groups in total. The number of likely N-dealkylation sites (tertiary alicyclic amines) is 1. The second kappa shape index (κ2) is 10.6. The van der Waals surface area contributed by atoms with Crippen molar-refractivity contribution in [2.45, 2.75) is 44.0 Å². The van der Waals surface area contributed by atoms with Crippen LogP contribution in [0.5, 0.6) is 5.88 Å². The van der Waals surface area contributed by atoms with E-state index in [0.717, 1.165) is 0 Å². The number of fused-ring (bicyclic) bond motifs is 1.